The number of hydrogen-bond donors (Lipinski definition) is 4. The molecule has 0 aliphatic heterocycles. The van der Waals surface area contributed by atoms with Crippen LogP contribution in [0.1, 0.15) is 0 Å². The Morgan fingerprint density at radius 2 is 1.00 bits per heavy atom. The highest BCUT2D eigenvalue weighted by Crippen LogP contribution is 1.59. The molecule has 0 amide bonds. The summed E-state index contributed by atoms with van der Waals surface area (Å²) in [7, 11) is 0. The first-order valence-electron chi connectivity index (χ1n) is 3.55. The van der Waals surface area contributed by atoms with Gasteiger partial charge in [-0.2, -0.15) is 0 Å². The fraction of sp³-hybridized carbons (Fsp3) is 1.00. The molecule has 0 rings (SSSR count). The van der Waals surface area contributed by atoms with Crippen LogP contribution in [0.5, 0.6) is 0 Å². The summed E-state index contributed by atoms with van der Waals surface area (Å²) >= 11 is 0. The van der Waals surface area contributed by atoms with Gasteiger partial charge in [0.2, 0.25) is 0 Å². The molecule has 12 heavy (non-hydrogen) atoms. The molecule has 0 bridgehead atoms. The van der Waals surface area contributed by atoms with Crippen LogP contribution >= 0.6 is 34.0 Å². The summed E-state index contributed by atoms with van der Waals surface area (Å²) in [5.74, 6) is 0. The van der Waals surface area contributed by atoms with E-state index in [1.807, 2.05) is 0 Å². The second kappa shape index (κ2) is 17.8. The predicted octanol–water partition coefficient (Wildman–Crippen LogP) is -0.694. The van der Waals surface area contributed by atoms with Crippen LogP contribution in [0, 0.1) is 0 Å². The predicted molar refractivity (Wildman–Crippen MR) is 60.6 cm³/mol. The Kier molecular flexibility index (Phi) is 27.5. The van der Waals surface area contributed by atoms with Crippen molar-refractivity contribution in [3.63, 3.8) is 0 Å². The van der Waals surface area contributed by atoms with Gasteiger partial charge >= 0.3 is 0 Å². The molecule has 0 spiro atoms. The first-order valence-corrected chi connectivity index (χ1v) is 3.55. The van der Waals surface area contributed by atoms with Crippen LogP contribution in [-0.2, 0) is 0 Å². The highest BCUT2D eigenvalue weighted by atomic mass is 79.9. The standard InChI is InChI=1S/C6H16N2O2.2BrH/c9-5-3-7-1-2-8-4-6-10;;/h7-10H,1-6H2;2*1H. The molecule has 0 aromatic heterocycles. The zero-order valence-electron chi connectivity index (χ0n) is 6.95. The molecule has 0 aliphatic rings. The zero-order chi connectivity index (χ0) is 7.66. The molecular weight excluding hydrogens is 292 g/mol. The van der Waals surface area contributed by atoms with Crippen LogP contribution in [0.4, 0.5) is 0 Å². The summed E-state index contributed by atoms with van der Waals surface area (Å²) in [6.45, 7) is 3.31. The zero-order valence-corrected chi connectivity index (χ0v) is 10.4. The summed E-state index contributed by atoms with van der Waals surface area (Å²) in [5.41, 5.74) is 0. The molecule has 0 atom stereocenters. The third-order valence-electron chi connectivity index (χ3n) is 1.06. The van der Waals surface area contributed by atoms with Crippen molar-refractivity contribution in [1.82, 2.24) is 10.6 Å². The van der Waals surface area contributed by atoms with E-state index in [1.165, 1.54) is 0 Å². The quantitative estimate of drug-likeness (QED) is 0.470. The van der Waals surface area contributed by atoms with Gasteiger partial charge < -0.3 is 20.8 Å². The molecule has 4 N–H and O–H groups in total. The van der Waals surface area contributed by atoms with Crippen molar-refractivity contribution in [2.24, 2.45) is 0 Å². The Balaban J connectivity index is -0.000000405. The Morgan fingerprint density at radius 1 is 0.667 bits per heavy atom. The van der Waals surface area contributed by atoms with Crippen LogP contribution in [0.15, 0.2) is 0 Å². The topological polar surface area (TPSA) is 64.5 Å². The van der Waals surface area contributed by atoms with Gasteiger partial charge in [-0.05, 0) is 0 Å². The lowest BCUT2D eigenvalue weighted by Gasteiger charge is -2.02. The van der Waals surface area contributed by atoms with Gasteiger partial charge in [0.15, 0.2) is 0 Å². The third-order valence-corrected chi connectivity index (χ3v) is 1.06. The molecule has 0 unspecified atom stereocenters. The highest BCUT2D eigenvalue weighted by molar-refractivity contribution is 8.93. The average molecular weight is 310 g/mol. The summed E-state index contributed by atoms with van der Waals surface area (Å²) in [5, 5.41) is 22.7. The second-order valence-corrected chi connectivity index (χ2v) is 1.95. The van der Waals surface area contributed by atoms with Crippen LogP contribution in [0.25, 0.3) is 0 Å². The molecule has 0 aliphatic carbocycles. The molecule has 0 fully saturated rings. The minimum atomic E-state index is 0. The van der Waals surface area contributed by atoms with Crippen LogP contribution in [-0.4, -0.2) is 49.6 Å². The van der Waals surface area contributed by atoms with Crippen LogP contribution in [0.3, 0.4) is 0 Å². The maximum atomic E-state index is 8.35. The molecule has 0 heterocycles. The lowest BCUT2D eigenvalue weighted by atomic mass is 10.5. The molecule has 6 heteroatoms. The van der Waals surface area contributed by atoms with E-state index in [9.17, 15) is 0 Å². The van der Waals surface area contributed by atoms with Crippen molar-refractivity contribution in [1.29, 1.82) is 0 Å². The van der Waals surface area contributed by atoms with E-state index in [0.29, 0.717) is 13.1 Å². The number of nitrogens with one attached hydrogen (secondary N) is 2. The first kappa shape index (κ1) is 18.6. The summed E-state index contributed by atoms with van der Waals surface area (Å²) < 4.78 is 0. The molecule has 0 aromatic carbocycles. The van der Waals surface area contributed by atoms with Crippen molar-refractivity contribution in [3.05, 3.63) is 0 Å². The number of aliphatic hydroxyl groups is 2. The third kappa shape index (κ3) is 17.0. The summed E-state index contributed by atoms with van der Waals surface area (Å²) in [6.07, 6.45) is 0. The van der Waals surface area contributed by atoms with E-state index in [4.69, 9.17) is 10.2 Å². The monoisotopic (exact) mass is 308 g/mol. The lowest BCUT2D eigenvalue weighted by Crippen LogP contribution is -2.30. The Morgan fingerprint density at radius 3 is 1.25 bits per heavy atom. The molecule has 4 nitrogen and oxygen atoms in total. The van der Waals surface area contributed by atoms with E-state index in [2.05, 4.69) is 10.6 Å². The Hall–Kier alpha value is 0.800. The van der Waals surface area contributed by atoms with Crippen molar-refractivity contribution in [2.75, 3.05) is 39.4 Å². The van der Waals surface area contributed by atoms with Gasteiger partial charge in [-0.1, -0.05) is 0 Å². The van der Waals surface area contributed by atoms with Crippen molar-refractivity contribution in [3.8, 4) is 0 Å². The normalized spacial score (nSPS) is 8.50. The Bertz CT molecular complexity index is 61.5. The molecular formula is C6H18Br2N2O2. The van der Waals surface area contributed by atoms with Crippen LogP contribution < -0.4 is 10.6 Å². The molecule has 0 aromatic rings. The smallest absolute Gasteiger partial charge is 0.0555 e. The van der Waals surface area contributed by atoms with Crippen LogP contribution in [0.2, 0.25) is 0 Å². The average Bonchev–Trinajstić information content (AvgIpc) is 1.97. The number of halogens is 2. The van der Waals surface area contributed by atoms with Gasteiger partial charge in [0.05, 0.1) is 13.2 Å². The number of aliphatic hydroxyl groups excluding tert-OH is 2. The minimum Gasteiger partial charge on any atom is -0.395 e. The molecule has 0 saturated carbocycles. The summed E-state index contributed by atoms with van der Waals surface area (Å²) in [6, 6.07) is 0. The number of rotatable bonds is 7. The van der Waals surface area contributed by atoms with E-state index in [1.54, 1.807) is 0 Å². The Labute approximate surface area is 94.3 Å². The highest BCUT2D eigenvalue weighted by Gasteiger charge is 1.84. The molecule has 0 radical (unpaired) electrons. The maximum Gasteiger partial charge on any atom is 0.0555 e. The summed E-state index contributed by atoms with van der Waals surface area (Å²) in [4.78, 5) is 0. The van der Waals surface area contributed by atoms with Gasteiger partial charge in [-0.15, -0.1) is 34.0 Å². The fourth-order valence-corrected chi connectivity index (χ4v) is 0.585. The molecule has 78 valence electrons. The van der Waals surface area contributed by atoms with Gasteiger partial charge in [-0.25, -0.2) is 0 Å². The maximum absolute atomic E-state index is 8.35. The SMILES string of the molecule is Br.Br.OCCNCCNCCO. The largest absolute Gasteiger partial charge is 0.395 e. The van der Waals surface area contributed by atoms with Gasteiger partial charge in [0.1, 0.15) is 0 Å². The molecule has 0 saturated heterocycles. The van der Waals surface area contributed by atoms with Crippen molar-refractivity contribution >= 4 is 34.0 Å². The van der Waals surface area contributed by atoms with Crippen molar-refractivity contribution < 1.29 is 10.2 Å². The first-order chi connectivity index (χ1) is 4.91. The van der Waals surface area contributed by atoms with Gasteiger partial charge in [0.25, 0.3) is 0 Å². The lowest BCUT2D eigenvalue weighted by molar-refractivity contribution is 0.286. The second-order valence-electron chi connectivity index (χ2n) is 1.95. The van der Waals surface area contributed by atoms with Gasteiger partial charge in [0, 0.05) is 26.2 Å². The minimum absolute atomic E-state index is 0. The van der Waals surface area contributed by atoms with Crippen molar-refractivity contribution in [2.45, 2.75) is 0 Å². The van der Waals surface area contributed by atoms with E-state index in [0.717, 1.165) is 13.1 Å². The fourth-order valence-electron chi connectivity index (χ4n) is 0.585. The van der Waals surface area contributed by atoms with E-state index >= 15 is 0 Å². The van der Waals surface area contributed by atoms with E-state index < -0.39 is 0 Å². The van der Waals surface area contributed by atoms with Gasteiger partial charge in [-0.3, -0.25) is 0 Å². The van der Waals surface area contributed by atoms with E-state index in [-0.39, 0.29) is 47.2 Å². The number of hydrogen-bond acceptors (Lipinski definition) is 4.